The molecule has 2 rings (SSSR count). The van der Waals surface area contributed by atoms with Crippen molar-refractivity contribution in [3.05, 3.63) is 66.2 Å². The summed E-state index contributed by atoms with van der Waals surface area (Å²) >= 11 is 0. The molecule has 2 aromatic rings. The summed E-state index contributed by atoms with van der Waals surface area (Å²) in [6.45, 7) is 4.19. The van der Waals surface area contributed by atoms with E-state index in [2.05, 4.69) is 27.8 Å². The van der Waals surface area contributed by atoms with E-state index in [-0.39, 0.29) is 24.0 Å². The van der Waals surface area contributed by atoms with Crippen LogP contribution in [-0.4, -0.2) is 35.6 Å². The minimum Gasteiger partial charge on any atom is -0.357 e. The highest BCUT2D eigenvalue weighted by Crippen LogP contribution is 2.05. The summed E-state index contributed by atoms with van der Waals surface area (Å²) in [6.07, 6.45) is 0.946. The first-order valence-corrected chi connectivity index (χ1v) is 9.61. The fraction of sp³-hybridized carbons (Fsp3) is 0.316. The van der Waals surface area contributed by atoms with Crippen LogP contribution in [0.25, 0.3) is 0 Å². The van der Waals surface area contributed by atoms with Crippen molar-refractivity contribution in [2.75, 3.05) is 25.4 Å². The Kier molecular flexibility index (Phi) is 11.1. The van der Waals surface area contributed by atoms with Crippen LogP contribution in [0, 0.1) is 0 Å². The van der Waals surface area contributed by atoms with Crippen LogP contribution < -0.4 is 10.6 Å². The average Bonchev–Trinajstić information content (AvgIpc) is 2.63. The molecular formula is C19H26IN3OS. The van der Waals surface area contributed by atoms with Gasteiger partial charge in [-0.1, -0.05) is 48.5 Å². The minimum absolute atomic E-state index is 0. The zero-order chi connectivity index (χ0) is 17.0. The van der Waals surface area contributed by atoms with Crippen molar-refractivity contribution >= 4 is 40.7 Å². The Morgan fingerprint density at radius 1 is 1.00 bits per heavy atom. The van der Waals surface area contributed by atoms with Crippen LogP contribution >= 0.6 is 24.0 Å². The van der Waals surface area contributed by atoms with Crippen LogP contribution in [0.2, 0.25) is 0 Å². The van der Waals surface area contributed by atoms with Gasteiger partial charge in [0.2, 0.25) is 0 Å². The largest absolute Gasteiger partial charge is 0.357 e. The minimum atomic E-state index is -1.00. The number of aliphatic imine (C=N–C) groups is 1. The lowest BCUT2D eigenvalue weighted by atomic mass is 10.1. The molecule has 0 aliphatic carbocycles. The number of hydrogen-bond donors (Lipinski definition) is 2. The summed E-state index contributed by atoms with van der Waals surface area (Å²) in [5.41, 5.74) is 1.30. The summed E-state index contributed by atoms with van der Waals surface area (Å²) in [7, 11) is -1.00. The molecule has 0 saturated carbocycles. The SMILES string of the molecule is CCNC(=NCCS(=O)c1ccccc1)NCCc1ccccc1.I. The van der Waals surface area contributed by atoms with E-state index in [1.54, 1.807) is 0 Å². The molecule has 0 amide bonds. The van der Waals surface area contributed by atoms with Crippen molar-refractivity contribution in [1.82, 2.24) is 10.6 Å². The third-order valence-corrected chi connectivity index (χ3v) is 4.80. The number of nitrogens with one attached hydrogen (secondary N) is 2. The van der Waals surface area contributed by atoms with Crippen molar-refractivity contribution < 1.29 is 4.21 Å². The number of nitrogens with zero attached hydrogens (tertiary/aromatic N) is 1. The van der Waals surface area contributed by atoms with Crippen LogP contribution in [0.1, 0.15) is 12.5 Å². The maximum absolute atomic E-state index is 12.2. The Morgan fingerprint density at radius 2 is 1.64 bits per heavy atom. The molecule has 0 aromatic heterocycles. The number of guanidine groups is 1. The molecule has 0 fully saturated rings. The fourth-order valence-electron chi connectivity index (χ4n) is 2.24. The summed E-state index contributed by atoms with van der Waals surface area (Å²) in [5, 5.41) is 6.54. The van der Waals surface area contributed by atoms with Gasteiger partial charge in [0.1, 0.15) is 0 Å². The predicted octanol–water partition coefficient (Wildman–Crippen LogP) is 3.21. The lowest BCUT2D eigenvalue weighted by Gasteiger charge is -2.11. The molecule has 1 atom stereocenters. The van der Waals surface area contributed by atoms with E-state index in [0.717, 1.165) is 30.4 Å². The van der Waals surface area contributed by atoms with Gasteiger partial charge in [0.25, 0.3) is 0 Å². The fourth-order valence-corrected chi connectivity index (χ4v) is 3.20. The van der Waals surface area contributed by atoms with Gasteiger partial charge in [-0.25, -0.2) is 0 Å². The Morgan fingerprint density at radius 3 is 2.28 bits per heavy atom. The number of hydrogen-bond acceptors (Lipinski definition) is 2. The number of rotatable bonds is 8. The molecule has 0 bridgehead atoms. The van der Waals surface area contributed by atoms with Gasteiger partial charge in [-0.05, 0) is 31.0 Å². The van der Waals surface area contributed by atoms with Crippen LogP contribution in [0.5, 0.6) is 0 Å². The first-order chi connectivity index (χ1) is 11.8. The monoisotopic (exact) mass is 471 g/mol. The van der Waals surface area contributed by atoms with E-state index in [4.69, 9.17) is 0 Å². The Bertz CT molecular complexity index is 650. The second-order valence-electron chi connectivity index (χ2n) is 5.29. The quantitative estimate of drug-likeness (QED) is 0.353. The van der Waals surface area contributed by atoms with Crippen LogP contribution in [0.3, 0.4) is 0 Å². The molecule has 0 radical (unpaired) electrons. The van der Waals surface area contributed by atoms with E-state index in [1.165, 1.54) is 5.56 Å². The van der Waals surface area contributed by atoms with Gasteiger partial charge in [-0.15, -0.1) is 24.0 Å². The smallest absolute Gasteiger partial charge is 0.191 e. The molecule has 0 saturated heterocycles. The van der Waals surface area contributed by atoms with Crippen molar-refractivity contribution in [1.29, 1.82) is 0 Å². The standard InChI is InChI=1S/C19H25N3OS.HI/c1-2-20-19(21-14-13-17-9-5-3-6-10-17)22-15-16-24(23)18-11-7-4-8-12-18;/h3-12H,2,13-16H2,1H3,(H2,20,21,22);1H. The molecule has 6 heteroatoms. The summed E-state index contributed by atoms with van der Waals surface area (Å²) in [4.78, 5) is 5.37. The van der Waals surface area contributed by atoms with Gasteiger partial charge in [0, 0.05) is 23.7 Å². The molecular weight excluding hydrogens is 445 g/mol. The van der Waals surface area contributed by atoms with E-state index in [1.807, 2.05) is 55.5 Å². The first kappa shape index (κ1) is 21.6. The van der Waals surface area contributed by atoms with Gasteiger partial charge in [-0.3, -0.25) is 9.20 Å². The van der Waals surface area contributed by atoms with Crippen LogP contribution in [-0.2, 0) is 17.2 Å². The lowest BCUT2D eigenvalue weighted by Crippen LogP contribution is -2.38. The summed E-state index contributed by atoms with van der Waals surface area (Å²) in [6, 6.07) is 19.9. The maximum Gasteiger partial charge on any atom is 0.191 e. The van der Waals surface area contributed by atoms with E-state index in [9.17, 15) is 4.21 Å². The van der Waals surface area contributed by atoms with Crippen molar-refractivity contribution in [2.45, 2.75) is 18.2 Å². The van der Waals surface area contributed by atoms with Gasteiger partial charge >= 0.3 is 0 Å². The van der Waals surface area contributed by atoms with E-state index >= 15 is 0 Å². The second kappa shape index (κ2) is 12.9. The van der Waals surface area contributed by atoms with Gasteiger partial charge in [0.15, 0.2) is 5.96 Å². The van der Waals surface area contributed by atoms with Gasteiger partial charge < -0.3 is 10.6 Å². The van der Waals surface area contributed by atoms with Gasteiger partial charge in [0.05, 0.1) is 17.3 Å². The molecule has 2 N–H and O–H groups in total. The van der Waals surface area contributed by atoms with Gasteiger partial charge in [-0.2, -0.15) is 0 Å². The molecule has 4 nitrogen and oxygen atoms in total. The number of benzene rings is 2. The highest BCUT2D eigenvalue weighted by molar-refractivity contribution is 14.0. The molecule has 2 aromatic carbocycles. The van der Waals surface area contributed by atoms with Crippen molar-refractivity contribution in [2.24, 2.45) is 4.99 Å². The van der Waals surface area contributed by atoms with Crippen molar-refractivity contribution in [3.8, 4) is 0 Å². The predicted molar refractivity (Wildman–Crippen MR) is 117 cm³/mol. The topological polar surface area (TPSA) is 53.5 Å². The normalized spacial score (nSPS) is 12.1. The molecule has 0 aliphatic rings. The Labute approximate surface area is 170 Å². The summed E-state index contributed by atoms with van der Waals surface area (Å²) in [5.74, 6) is 1.30. The first-order valence-electron chi connectivity index (χ1n) is 8.29. The average molecular weight is 471 g/mol. The zero-order valence-corrected chi connectivity index (χ0v) is 17.6. The highest BCUT2D eigenvalue weighted by Gasteiger charge is 2.03. The lowest BCUT2D eigenvalue weighted by molar-refractivity contribution is 0.682. The molecule has 0 spiro atoms. The molecule has 25 heavy (non-hydrogen) atoms. The van der Waals surface area contributed by atoms with E-state index < -0.39 is 10.8 Å². The zero-order valence-electron chi connectivity index (χ0n) is 14.5. The molecule has 136 valence electrons. The second-order valence-corrected chi connectivity index (χ2v) is 6.86. The van der Waals surface area contributed by atoms with E-state index in [0.29, 0.717) is 12.3 Å². The molecule has 0 heterocycles. The maximum atomic E-state index is 12.2. The molecule has 1 unspecified atom stereocenters. The number of halogens is 1. The molecule has 0 aliphatic heterocycles. The van der Waals surface area contributed by atoms with Crippen LogP contribution in [0.15, 0.2) is 70.6 Å². The Balaban J connectivity index is 0.00000312. The Hall–Kier alpha value is -1.41. The highest BCUT2D eigenvalue weighted by atomic mass is 127. The summed E-state index contributed by atoms with van der Waals surface area (Å²) < 4.78 is 12.2. The third kappa shape index (κ3) is 8.49. The van der Waals surface area contributed by atoms with Crippen molar-refractivity contribution in [3.63, 3.8) is 0 Å². The third-order valence-electron chi connectivity index (χ3n) is 3.45. The van der Waals surface area contributed by atoms with Crippen LogP contribution in [0.4, 0.5) is 0 Å².